The molecule has 0 spiro atoms. The summed E-state index contributed by atoms with van der Waals surface area (Å²) in [5, 5.41) is 3.23. The molecule has 0 aromatic carbocycles. The van der Waals surface area contributed by atoms with Crippen molar-refractivity contribution >= 4 is 5.91 Å². The van der Waals surface area contributed by atoms with E-state index in [0.29, 0.717) is 18.5 Å². The molecular weight excluding hydrogens is 236 g/mol. The number of rotatable bonds is 6. The second-order valence-electron chi connectivity index (χ2n) is 7.13. The molecule has 110 valence electrons. The molecule has 2 fully saturated rings. The van der Waals surface area contributed by atoms with Crippen molar-refractivity contribution in [1.82, 2.24) is 5.32 Å². The lowest BCUT2D eigenvalue weighted by Gasteiger charge is -2.15. The number of nitrogens with two attached hydrogens (primary N) is 1. The van der Waals surface area contributed by atoms with E-state index < -0.39 is 0 Å². The molecule has 0 heterocycles. The Labute approximate surface area is 117 Å². The summed E-state index contributed by atoms with van der Waals surface area (Å²) in [6.45, 7) is 4.48. The molecule has 3 nitrogen and oxygen atoms in total. The van der Waals surface area contributed by atoms with Gasteiger partial charge >= 0.3 is 0 Å². The summed E-state index contributed by atoms with van der Waals surface area (Å²) in [6, 6.07) is 0.850. The highest BCUT2D eigenvalue weighted by atomic mass is 16.1. The Morgan fingerprint density at radius 2 is 1.79 bits per heavy atom. The highest BCUT2D eigenvalue weighted by Crippen LogP contribution is 2.43. The number of carbonyl (C=O) groups excluding carboxylic acids is 1. The summed E-state index contributed by atoms with van der Waals surface area (Å²) in [5.74, 6) is 2.57. The predicted octanol–water partition coefficient (Wildman–Crippen LogP) is 2.83. The molecule has 0 aromatic heterocycles. The zero-order valence-corrected chi connectivity index (χ0v) is 12.5. The molecule has 0 saturated heterocycles. The van der Waals surface area contributed by atoms with E-state index in [2.05, 4.69) is 19.2 Å². The first-order chi connectivity index (χ1) is 9.04. The average Bonchev–Trinajstić information content (AvgIpc) is 2.80. The Morgan fingerprint density at radius 1 is 1.16 bits per heavy atom. The van der Waals surface area contributed by atoms with Gasteiger partial charge in [-0.2, -0.15) is 0 Å². The molecule has 2 aliphatic carbocycles. The number of unbranched alkanes of at least 4 members (excludes halogenated alkanes) is 1. The van der Waals surface area contributed by atoms with Crippen LogP contribution in [0.15, 0.2) is 0 Å². The quantitative estimate of drug-likeness (QED) is 0.726. The number of hydrogen-bond donors (Lipinski definition) is 2. The van der Waals surface area contributed by atoms with Crippen molar-refractivity contribution in [2.24, 2.45) is 23.5 Å². The van der Waals surface area contributed by atoms with Gasteiger partial charge in [0.05, 0.1) is 0 Å². The predicted molar refractivity (Wildman–Crippen MR) is 78.7 cm³/mol. The Kier molecular flexibility index (Phi) is 5.26. The fourth-order valence-electron chi connectivity index (χ4n) is 3.92. The first kappa shape index (κ1) is 14.8. The molecule has 1 amide bonds. The number of amides is 1. The van der Waals surface area contributed by atoms with Gasteiger partial charge in [-0.15, -0.1) is 0 Å². The van der Waals surface area contributed by atoms with Crippen LogP contribution >= 0.6 is 0 Å². The van der Waals surface area contributed by atoms with Crippen LogP contribution < -0.4 is 11.1 Å². The third kappa shape index (κ3) is 4.48. The minimum absolute atomic E-state index is 0.262. The Bertz CT molecular complexity index is 289. The maximum absolute atomic E-state index is 11.9. The van der Waals surface area contributed by atoms with Gasteiger partial charge in [0.2, 0.25) is 5.91 Å². The Morgan fingerprint density at radius 3 is 2.37 bits per heavy atom. The van der Waals surface area contributed by atoms with Gasteiger partial charge in [-0.05, 0) is 49.9 Å². The number of carbonyl (C=O) groups is 1. The van der Waals surface area contributed by atoms with Crippen LogP contribution in [0.5, 0.6) is 0 Å². The van der Waals surface area contributed by atoms with Gasteiger partial charge in [0.1, 0.15) is 0 Å². The van der Waals surface area contributed by atoms with Crippen LogP contribution in [0.1, 0.15) is 65.2 Å². The number of hydrogen-bond acceptors (Lipinski definition) is 2. The third-order valence-electron chi connectivity index (χ3n) is 4.85. The van der Waals surface area contributed by atoms with Crippen LogP contribution in [0.3, 0.4) is 0 Å². The van der Waals surface area contributed by atoms with Crippen molar-refractivity contribution < 1.29 is 4.79 Å². The summed E-state index contributed by atoms with van der Waals surface area (Å²) in [7, 11) is 0. The standard InChI is InChI=1S/C16H30N2O/c1-11(2)5-3-4-6-16(19)18-15-9-12-7-14(17)8-13(12)10-15/h11-15H,3-10,17H2,1-2H3,(H,18,19). The Hall–Kier alpha value is -0.570. The van der Waals surface area contributed by atoms with Gasteiger partial charge in [-0.25, -0.2) is 0 Å². The van der Waals surface area contributed by atoms with E-state index >= 15 is 0 Å². The minimum Gasteiger partial charge on any atom is -0.353 e. The molecular formula is C16H30N2O. The summed E-state index contributed by atoms with van der Waals surface area (Å²) >= 11 is 0. The highest BCUT2D eigenvalue weighted by Gasteiger charge is 2.40. The molecule has 3 N–H and O–H groups in total. The van der Waals surface area contributed by atoms with Gasteiger partial charge in [0, 0.05) is 18.5 Å². The topological polar surface area (TPSA) is 55.1 Å². The highest BCUT2D eigenvalue weighted by molar-refractivity contribution is 5.76. The smallest absolute Gasteiger partial charge is 0.220 e. The fraction of sp³-hybridized carbons (Fsp3) is 0.938. The molecule has 0 bridgehead atoms. The lowest BCUT2D eigenvalue weighted by Crippen LogP contribution is -2.33. The van der Waals surface area contributed by atoms with Crippen molar-refractivity contribution in [3.8, 4) is 0 Å². The molecule has 2 saturated carbocycles. The van der Waals surface area contributed by atoms with Gasteiger partial charge in [-0.1, -0.05) is 26.7 Å². The van der Waals surface area contributed by atoms with Gasteiger partial charge in [0.15, 0.2) is 0 Å². The van der Waals surface area contributed by atoms with E-state index in [0.717, 1.165) is 37.0 Å². The Balaban J connectivity index is 1.59. The monoisotopic (exact) mass is 266 g/mol. The van der Waals surface area contributed by atoms with Crippen LogP contribution in [-0.2, 0) is 4.79 Å². The summed E-state index contributed by atoms with van der Waals surface area (Å²) in [4.78, 5) is 11.9. The zero-order valence-electron chi connectivity index (χ0n) is 12.5. The largest absolute Gasteiger partial charge is 0.353 e. The first-order valence-corrected chi connectivity index (χ1v) is 8.09. The van der Waals surface area contributed by atoms with Crippen LogP contribution in [0.4, 0.5) is 0 Å². The lowest BCUT2D eigenvalue weighted by molar-refractivity contribution is -0.121. The molecule has 2 rings (SSSR count). The van der Waals surface area contributed by atoms with Crippen LogP contribution in [0, 0.1) is 17.8 Å². The molecule has 0 radical (unpaired) electrons. The number of nitrogens with one attached hydrogen (secondary N) is 1. The van der Waals surface area contributed by atoms with Crippen molar-refractivity contribution in [2.45, 2.75) is 77.3 Å². The number of fused-ring (bicyclic) bond motifs is 1. The van der Waals surface area contributed by atoms with Crippen molar-refractivity contribution in [3.05, 3.63) is 0 Å². The molecule has 0 aromatic rings. The average molecular weight is 266 g/mol. The maximum atomic E-state index is 11.9. The molecule has 2 atom stereocenters. The minimum atomic E-state index is 0.262. The molecule has 2 unspecified atom stereocenters. The van der Waals surface area contributed by atoms with Crippen molar-refractivity contribution in [3.63, 3.8) is 0 Å². The van der Waals surface area contributed by atoms with E-state index in [4.69, 9.17) is 5.73 Å². The molecule has 0 aliphatic heterocycles. The zero-order chi connectivity index (χ0) is 13.8. The van der Waals surface area contributed by atoms with Gasteiger partial charge in [0.25, 0.3) is 0 Å². The summed E-state index contributed by atoms with van der Waals surface area (Å²) < 4.78 is 0. The van der Waals surface area contributed by atoms with Crippen molar-refractivity contribution in [2.75, 3.05) is 0 Å². The lowest BCUT2D eigenvalue weighted by atomic mass is 10.0. The van der Waals surface area contributed by atoms with E-state index in [1.54, 1.807) is 0 Å². The third-order valence-corrected chi connectivity index (χ3v) is 4.85. The van der Waals surface area contributed by atoms with E-state index in [9.17, 15) is 4.79 Å². The van der Waals surface area contributed by atoms with Gasteiger partial charge in [-0.3, -0.25) is 4.79 Å². The van der Waals surface area contributed by atoms with Crippen LogP contribution in [-0.4, -0.2) is 18.0 Å². The van der Waals surface area contributed by atoms with Crippen molar-refractivity contribution in [1.29, 1.82) is 0 Å². The van der Waals surface area contributed by atoms with Crippen LogP contribution in [0.25, 0.3) is 0 Å². The normalized spacial score (nSPS) is 33.7. The second-order valence-corrected chi connectivity index (χ2v) is 7.13. The van der Waals surface area contributed by atoms with Crippen LogP contribution in [0.2, 0.25) is 0 Å². The maximum Gasteiger partial charge on any atom is 0.220 e. The fourth-order valence-corrected chi connectivity index (χ4v) is 3.92. The van der Waals surface area contributed by atoms with E-state index in [-0.39, 0.29) is 5.91 Å². The molecule has 2 aliphatic rings. The second kappa shape index (κ2) is 6.74. The SMILES string of the molecule is CC(C)CCCCC(=O)NC1CC2CC(N)CC2C1. The molecule has 19 heavy (non-hydrogen) atoms. The van der Waals surface area contributed by atoms with E-state index in [1.165, 1.54) is 25.7 Å². The summed E-state index contributed by atoms with van der Waals surface area (Å²) in [6.07, 6.45) is 8.82. The summed E-state index contributed by atoms with van der Waals surface area (Å²) in [5.41, 5.74) is 5.99. The van der Waals surface area contributed by atoms with E-state index in [1.807, 2.05) is 0 Å². The first-order valence-electron chi connectivity index (χ1n) is 8.09. The van der Waals surface area contributed by atoms with Gasteiger partial charge < -0.3 is 11.1 Å². The molecule has 3 heteroatoms.